The molecule has 4 rings (SSSR count). The van der Waals surface area contributed by atoms with Crippen LogP contribution in [0.1, 0.15) is 60.0 Å². The normalized spacial score (nSPS) is 27.2. The van der Waals surface area contributed by atoms with Gasteiger partial charge in [0.25, 0.3) is 5.91 Å². The number of fused-ring (bicyclic) bond motifs is 1. The van der Waals surface area contributed by atoms with Gasteiger partial charge in [-0.25, -0.2) is 0 Å². The molecule has 3 atom stereocenters. The first kappa shape index (κ1) is 19.1. The highest BCUT2D eigenvalue weighted by Gasteiger charge is 2.39. The van der Waals surface area contributed by atoms with Gasteiger partial charge >= 0.3 is 0 Å². The van der Waals surface area contributed by atoms with Crippen LogP contribution in [0.25, 0.3) is 0 Å². The maximum atomic E-state index is 12.8. The van der Waals surface area contributed by atoms with E-state index in [0.717, 1.165) is 49.4 Å². The summed E-state index contributed by atoms with van der Waals surface area (Å²) in [6, 6.07) is 5.77. The maximum Gasteiger partial charge on any atom is 0.255 e. The molecule has 28 heavy (non-hydrogen) atoms. The van der Waals surface area contributed by atoms with Crippen LogP contribution in [0.2, 0.25) is 0 Å². The topological polar surface area (TPSA) is 105 Å². The third kappa shape index (κ3) is 3.95. The first-order valence-electron chi connectivity index (χ1n) is 10.2. The fourth-order valence-electron chi connectivity index (χ4n) is 4.63. The lowest BCUT2D eigenvalue weighted by Gasteiger charge is -2.29. The number of carbonyl (C=O) groups excluding carboxylic acids is 3. The largest absolute Gasteiger partial charge is 0.328 e. The van der Waals surface area contributed by atoms with Crippen LogP contribution >= 0.6 is 0 Å². The average molecular weight is 384 g/mol. The molecule has 1 saturated heterocycles. The number of benzene rings is 1. The van der Waals surface area contributed by atoms with Crippen molar-refractivity contribution in [2.75, 3.05) is 6.54 Å². The van der Waals surface area contributed by atoms with Gasteiger partial charge in [0.15, 0.2) is 0 Å². The Bertz CT molecular complexity index is 794. The minimum Gasteiger partial charge on any atom is -0.328 e. The molecule has 0 spiro atoms. The zero-order valence-corrected chi connectivity index (χ0v) is 16.1. The number of nitrogens with one attached hydrogen (secondary N) is 2. The van der Waals surface area contributed by atoms with E-state index in [2.05, 4.69) is 10.6 Å². The zero-order valence-electron chi connectivity index (χ0n) is 16.1. The Morgan fingerprint density at radius 1 is 1.18 bits per heavy atom. The van der Waals surface area contributed by atoms with E-state index in [1.807, 2.05) is 18.2 Å². The van der Waals surface area contributed by atoms with E-state index in [4.69, 9.17) is 5.73 Å². The highest BCUT2D eigenvalue weighted by atomic mass is 16.2. The molecule has 2 fully saturated rings. The van der Waals surface area contributed by atoms with Crippen LogP contribution in [-0.4, -0.2) is 41.2 Å². The van der Waals surface area contributed by atoms with E-state index in [1.54, 1.807) is 4.90 Å². The molecule has 3 amide bonds. The van der Waals surface area contributed by atoms with Gasteiger partial charge in [-0.15, -0.1) is 0 Å². The summed E-state index contributed by atoms with van der Waals surface area (Å²) in [6.45, 7) is 2.10. The minimum absolute atomic E-state index is 0.119. The molecular formula is C21H28N4O3. The Morgan fingerprint density at radius 3 is 2.79 bits per heavy atom. The number of piperidine rings is 1. The van der Waals surface area contributed by atoms with Crippen molar-refractivity contribution in [3.63, 3.8) is 0 Å². The van der Waals surface area contributed by atoms with Crippen molar-refractivity contribution in [2.24, 2.45) is 11.7 Å². The summed E-state index contributed by atoms with van der Waals surface area (Å²) in [4.78, 5) is 37.9. The second-order valence-electron chi connectivity index (χ2n) is 8.30. The first-order chi connectivity index (χ1) is 13.5. The lowest BCUT2D eigenvalue weighted by atomic mass is 10.0. The number of imide groups is 1. The zero-order chi connectivity index (χ0) is 19.7. The van der Waals surface area contributed by atoms with Crippen molar-refractivity contribution >= 4 is 17.7 Å². The van der Waals surface area contributed by atoms with E-state index in [9.17, 15) is 14.4 Å². The van der Waals surface area contributed by atoms with E-state index < -0.39 is 6.04 Å². The molecule has 150 valence electrons. The molecule has 1 unspecified atom stereocenters. The van der Waals surface area contributed by atoms with Crippen molar-refractivity contribution in [1.29, 1.82) is 0 Å². The first-order valence-corrected chi connectivity index (χ1v) is 10.2. The summed E-state index contributed by atoms with van der Waals surface area (Å²) in [6.07, 6.45) is 5.31. The second-order valence-corrected chi connectivity index (χ2v) is 8.30. The SMILES string of the molecule is N[C@@H]1CC[C@H](CCNCc2ccc3c(c2)C(=O)N(C2CCC(=O)NC2=O)C3)C1. The lowest BCUT2D eigenvalue weighted by Crippen LogP contribution is -2.52. The van der Waals surface area contributed by atoms with Gasteiger partial charge in [-0.1, -0.05) is 12.1 Å². The van der Waals surface area contributed by atoms with Gasteiger partial charge in [-0.05, 0) is 61.8 Å². The van der Waals surface area contributed by atoms with Gasteiger partial charge in [-0.2, -0.15) is 0 Å². The third-order valence-corrected chi connectivity index (χ3v) is 6.23. The number of hydrogen-bond acceptors (Lipinski definition) is 5. The molecule has 2 heterocycles. The second kappa shape index (κ2) is 8.01. The third-order valence-electron chi connectivity index (χ3n) is 6.23. The molecule has 0 radical (unpaired) electrons. The van der Waals surface area contributed by atoms with Crippen molar-refractivity contribution in [2.45, 2.75) is 63.7 Å². The van der Waals surface area contributed by atoms with Gasteiger partial charge in [0.1, 0.15) is 6.04 Å². The molecule has 1 aliphatic carbocycles. The number of rotatable bonds is 6. The van der Waals surface area contributed by atoms with Crippen molar-refractivity contribution < 1.29 is 14.4 Å². The Balaban J connectivity index is 1.32. The quantitative estimate of drug-likeness (QED) is 0.502. The molecule has 7 nitrogen and oxygen atoms in total. The average Bonchev–Trinajstić information content (AvgIpc) is 3.22. The molecule has 2 aliphatic heterocycles. The molecule has 1 aromatic carbocycles. The minimum atomic E-state index is -0.558. The van der Waals surface area contributed by atoms with Crippen molar-refractivity contribution in [3.8, 4) is 0 Å². The van der Waals surface area contributed by atoms with Gasteiger partial charge in [0.2, 0.25) is 11.8 Å². The van der Waals surface area contributed by atoms with Crippen LogP contribution in [0, 0.1) is 5.92 Å². The van der Waals surface area contributed by atoms with Crippen molar-refractivity contribution in [3.05, 3.63) is 34.9 Å². The summed E-state index contributed by atoms with van der Waals surface area (Å²) in [5.74, 6) is -0.0262. The molecule has 4 N–H and O–H groups in total. The standard InChI is InChI=1S/C21H28N4O3/c22-16-4-2-13(9-16)7-8-23-11-14-1-3-15-12-25(21(28)17(15)10-14)18-5-6-19(26)24-20(18)27/h1,3,10,13,16,18,23H,2,4-9,11-12,22H2,(H,24,26,27)/t13-,16-,18?/m1/s1. The summed E-state index contributed by atoms with van der Waals surface area (Å²) in [5.41, 5.74) is 8.65. The highest BCUT2D eigenvalue weighted by molar-refractivity contribution is 6.05. The van der Waals surface area contributed by atoms with Crippen LogP contribution in [0.15, 0.2) is 18.2 Å². The molecule has 1 saturated carbocycles. The fourth-order valence-corrected chi connectivity index (χ4v) is 4.63. The molecular weight excluding hydrogens is 356 g/mol. The monoisotopic (exact) mass is 384 g/mol. The lowest BCUT2D eigenvalue weighted by molar-refractivity contribution is -0.136. The number of nitrogens with two attached hydrogens (primary N) is 1. The van der Waals surface area contributed by atoms with Crippen LogP contribution in [0.3, 0.4) is 0 Å². The molecule has 7 heteroatoms. The fraction of sp³-hybridized carbons (Fsp3) is 0.571. The number of carbonyl (C=O) groups is 3. The Labute approximate surface area is 165 Å². The molecule has 3 aliphatic rings. The Kier molecular flexibility index (Phi) is 5.46. The van der Waals surface area contributed by atoms with E-state index in [0.29, 0.717) is 24.6 Å². The summed E-state index contributed by atoms with van der Waals surface area (Å²) in [5, 5.41) is 5.80. The van der Waals surface area contributed by atoms with E-state index in [-0.39, 0.29) is 24.1 Å². The molecule has 1 aromatic rings. The summed E-state index contributed by atoms with van der Waals surface area (Å²) >= 11 is 0. The smallest absolute Gasteiger partial charge is 0.255 e. The predicted octanol–water partition coefficient (Wildman–Crippen LogP) is 1.05. The van der Waals surface area contributed by atoms with Crippen LogP contribution in [0.4, 0.5) is 0 Å². The van der Waals surface area contributed by atoms with Crippen molar-refractivity contribution in [1.82, 2.24) is 15.5 Å². The summed E-state index contributed by atoms with van der Waals surface area (Å²) < 4.78 is 0. The molecule has 0 aromatic heterocycles. The van der Waals surface area contributed by atoms with Gasteiger partial charge in [0.05, 0.1) is 0 Å². The highest BCUT2D eigenvalue weighted by Crippen LogP contribution is 2.28. The maximum absolute atomic E-state index is 12.8. The van der Waals surface area contributed by atoms with Gasteiger partial charge < -0.3 is 16.0 Å². The number of amides is 3. The number of nitrogens with zero attached hydrogens (tertiary/aromatic N) is 1. The van der Waals surface area contributed by atoms with Gasteiger partial charge in [0, 0.05) is 31.1 Å². The molecule has 0 bridgehead atoms. The van der Waals surface area contributed by atoms with Crippen LogP contribution < -0.4 is 16.4 Å². The van der Waals surface area contributed by atoms with Gasteiger partial charge in [-0.3, -0.25) is 19.7 Å². The number of hydrogen-bond donors (Lipinski definition) is 3. The van der Waals surface area contributed by atoms with Crippen LogP contribution in [0.5, 0.6) is 0 Å². The Hall–Kier alpha value is -2.25. The predicted molar refractivity (Wildman–Crippen MR) is 104 cm³/mol. The Morgan fingerprint density at radius 2 is 2.04 bits per heavy atom. The summed E-state index contributed by atoms with van der Waals surface area (Å²) in [7, 11) is 0. The van der Waals surface area contributed by atoms with E-state index >= 15 is 0 Å². The van der Waals surface area contributed by atoms with E-state index in [1.165, 1.54) is 6.42 Å². The van der Waals surface area contributed by atoms with Crippen LogP contribution in [-0.2, 0) is 22.7 Å².